The van der Waals surface area contributed by atoms with E-state index in [1.807, 2.05) is 11.8 Å². The summed E-state index contributed by atoms with van der Waals surface area (Å²) in [6.07, 6.45) is 4.79. The highest BCUT2D eigenvalue weighted by Gasteiger charge is 2.42. The molecule has 1 fully saturated rings. The normalized spacial score (nSPS) is 18.4. The van der Waals surface area contributed by atoms with Crippen LogP contribution in [0.25, 0.3) is 0 Å². The van der Waals surface area contributed by atoms with Crippen LogP contribution in [0.1, 0.15) is 38.4 Å². The minimum atomic E-state index is 0.426. The maximum absolute atomic E-state index is 5.27. The summed E-state index contributed by atoms with van der Waals surface area (Å²) in [4.78, 5) is 0. The lowest BCUT2D eigenvalue weighted by Gasteiger charge is -2.15. The minimum absolute atomic E-state index is 0.426. The lowest BCUT2D eigenvalue weighted by molar-refractivity contribution is 0.593. The predicted octanol–water partition coefficient (Wildman–Crippen LogP) is 2.96. The summed E-state index contributed by atoms with van der Waals surface area (Å²) in [5.41, 5.74) is 0. The van der Waals surface area contributed by atoms with Crippen LogP contribution in [0, 0.1) is 4.77 Å². The average molecular weight is 243 g/mol. The van der Waals surface area contributed by atoms with Crippen molar-refractivity contribution in [1.29, 1.82) is 0 Å². The zero-order valence-corrected chi connectivity index (χ0v) is 11.0. The first-order valence-electron chi connectivity index (χ1n) is 5.28. The SMILES string of the molecule is CSC1(Cn2c(C(C)C)n[nH]c2=S)CC1. The van der Waals surface area contributed by atoms with Gasteiger partial charge in [-0.05, 0) is 31.3 Å². The monoisotopic (exact) mass is 243 g/mol. The molecule has 5 heteroatoms. The fraction of sp³-hybridized carbons (Fsp3) is 0.800. The van der Waals surface area contributed by atoms with Crippen molar-refractivity contribution >= 4 is 24.0 Å². The number of aromatic amines is 1. The topological polar surface area (TPSA) is 33.6 Å². The van der Waals surface area contributed by atoms with Crippen LogP contribution in [0.2, 0.25) is 0 Å². The molecule has 15 heavy (non-hydrogen) atoms. The Labute approximate surface area is 99.7 Å². The zero-order chi connectivity index (χ0) is 11.1. The van der Waals surface area contributed by atoms with Crippen LogP contribution in [0.15, 0.2) is 0 Å². The third kappa shape index (κ3) is 2.13. The van der Waals surface area contributed by atoms with Gasteiger partial charge in [0.15, 0.2) is 4.77 Å². The van der Waals surface area contributed by atoms with Crippen molar-refractivity contribution in [2.24, 2.45) is 0 Å². The molecule has 3 nitrogen and oxygen atoms in total. The molecule has 84 valence electrons. The number of nitrogens with one attached hydrogen (secondary N) is 1. The minimum Gasteiger partial charge on any atom is -0.303 e. The van der Waals surface area contributed by atoms with E-state index >= 15 is 0 Å². The van der Waals surface area contributed by atoms with E-state index in [1.165, 1.54) is 12.8 Å². The molecule has 1 aromatic heterocycles. The molecular weight excluding hydrogens is 226 g/mol. The summed E-state index contributed by atoms with van der Waals surface area (Å²) in [6.45, 7) is 5.32. The van der Waals surface area contributed by atoms with Crippen LogP contribution < -0.4 is 0 Å². The molecule has 0 bridgehead atoms. The Morgan fingerprint density at radius 2 is 2.27 bits per heavy atom. The van der Waals surface area contributed by atoms with Gasteiger partial charge in [0.05, 0.1) is 0 Å². The highest BCUT2D eigenvalue weighted by atomic mass is 32.2. The number of thioether (sulfide) groups is 1. The lowest BCUT2D eigenvalue weighted by Crippen LogP contribution is -2.16. The molecule has 1 aliphatic carbocycles. The van der Waals surface area contributed by atoms with Gasteiger partial charge in [-0.15, -0.1) is 0 Å². The third-order valence-corrected chi connectivity index (χ3v) is 4.71. The van der Waals surface area contributed by atoms with E-state index in [9.17, 15) is 0 Å². The van der Waals surface area contributed by atoms with Gasteiger partial charge in [-0.25, -0.2) is 0 Å². The maximum Gasteiger partial charge on any atom is 0.195 e. The number of aromatic nitrogens is 3. The van der Waals surface area contributed by atoms with Crippen LogP contribution in [0.4, 0.5) is 0 Å². The molecule has 1 aromatic rings. The first kappa shape index (κ1) is 11.2. The standard InChI is InChI=1S/C10H17N3S2/c1-7(2)8-11-12-9(14)13(8)6-10(15-3)4-5-10/h7H,4-6H2,1-3H3,(H,12,14). The summed E-state index contributed by atoms with van der Waals surface area (Å²) < 4.78 is 3.37. The highest BCUT2D eigenvalue weighted by molar-refractivity contribution is 8.00. The molecule has 0 aromatic carbocycles. The van der Waals surface area contributed by atoms with E-state index in [0.29, 0.717) is 10.7 Å². The number of H-pyrrole nitrogens is 1. The van der Waals surface area contributed by atoms with E-state index in [1.54, 1.807) is 0 Å². The van der Waals surface area contributed by atoms with Crippen molar-refractivity contribution in [1.82, 2.24) is 14.8 Å². The fourth-order valence-electron chi connectivity index (χ4n) is 1.78. The largest absolute Gasteiger partial charge is 0.303 e. The number of nitrogens with zero attached hydrogens (tertiary/aromatic N) is 2. The first-order valence-corrected chi connectivity index (χ1v) is 6.91. The molecule has 1 heterocycles. The van der Waals surface area contributed by atoms with Crippen LogP contribution in [0.5, 0.6) is 0 Å². The maximum atomic E-state index is 5.27. The summed E-state index contributed by atoms with van der Waals surface area (Å²) >= 11 is 7.23. The van der Waals surface area contributed by atoms with E-state index in [0.717, 1.165) is 17.1 Å². The lowest BCUT2D eigenvalue weighted by atomic mass is 10.2. The van der Waals surface area contributed by atoms with Gasteiger partial charge in [0.1, 0.15) is 5.82 Å². The Morgan fingerprint density at radius 3 is 2.73 bits per heavy atom. The van der Waals surface area contributed by atoms with Gasteiger partial charge in [-0.1, -0.05) is 13.8 Å². The second-order valence-corrected chi connectivity index (χ2v) is 6.18. The van der Waals surface area contributed by atoms with Crippen molar-refractivity contribution in [2.75, 3.05) is 6.26 Å². The second-order valence-electron chi connectivity index (χ2n) is 4.51. The van der Waals surface area contributed by atoms with Gasteiger partial charge in [-0.3, -0.25) is 5.10 Å². The quantitative estimate of drug-likeness (QED) is 0.825. The summed E-state index contributed by atoms with van der Waals surface area (Å²) in [5, 5.41) is 7.20. The molecule has 0 spiro atoms. The second kappa shape index (κ2) is 3.94. The number of hydrogen-bond acceptors (Lipinski definition) is 3. The van der Waals surface area contributed by atoms with Gasteiger partial charge in [0.2, 0.25) is 0 Å². The molecule has 0 amide bonds. The van der Waals surface area contributed by atoms with E-state index in [2.05, 4.69) is 34.9 Å². The van der Waals surface area contributed by atoms with Crippen molar-refractivity contribution in [2.45, 2.75) is 43.9 Å². The summed E-state index contributed by atoms with van der Waals surface area (Å²) in [7, 11) is 0. The van der Waals surface area contributed by atoms with Gasteiger partial charge in [0, 0.05) is 17.2 Å². The van der Waals surface area contributed by atoms with Gasteiger partial charge in [-0.2, -0.15) is 16.9 Å². The molecule has 0 radical (unpaired) electrons. The third-order valence-electron chi connectivity index (χ3n) is 2.99. The molecular formula is C10H17N3S2. The summed E-state index contributed by atoms with van der Waals surface area (Å²) in [6, 6.07) is 0. The Bertz CT molecular complexity index is 401. The number of hydrogen-bond donors (Lipinski definition) is 1. The Hall–Kier alpha value is -0.290. The predicted molar refractivity (Wildman–Crippen MR) is 67.0 cm³/mol. The number of rotatable bonds is 4. The van der Waals surface area contributed by atoms with E-state index in [-0.39, 0.29) is 0 Å². The fourth-order valence-corrected chi connectivity index (χ4v) is 2.75. The van der Waals surface area contributed by atoms with Crippen LogP contribution in [-0.4, -0.2) is 25.8 Å². The Morgan fingerprint density at radius 1 is 1.60 bits per heavy atom. The molecule has 1 saturated carbocycles. The van der Waals surface area contributed by atoms with Crippen LogP contribution in [0.3, 0.4) is 0 Å². The molecule has 1 aliphatic rings. The van der Waals surface area contributed by atoms with Crippen LogP contribution in [-0.2, 0) is 6.54 Å². The molecule has 1 N–H and O–H groups in total. The van der Waals surface area contributed by atoms with Crippen molar-refractivity contribution in [3.05, 3.63) is 10.6 Å². The Balaban J connectivity index is 2.27. The van der Waals surface area contributed by atoms with Crippen molar-refractivity contribution in [3.8, 4) is 0 Å². The molecule has 0 atom stereocenters. The molecule has 0 saturated heterocycles. The van der Waals surface area contributed by atoms with Gasteiger partial charge >= 0.3 is 0 Å². The van der Waals surface area contributed by atoms with E-state index < -0.39 is 0 Å². The van der Waals surface area contributed by atoms with Crippen molar-refractivity contribution < 1.29 is 0 Å². The molecule has 0 aliphatic heterocycles. The van der Waals surface area contributed by atoms with E-state index in [4.69, 9.17) is 12.2 Å². The van der Waals surface area contributed by atoms with Gasteiger partial charge in [0.25, 0.3) is 0 Å². The summed E-state index contributed by atoms with van der Waals surface area (Å²) in [5.74, 6) is 1.51. The smallest absolute Gasteiger partial charge is 0.195 e. The van der Waals surface area contributed by atoms with Crippen molar-refractivity contribution in [3.63, 3.8) is 0 Å². The zero-order valence-electron chi connectivity index (χ0n) is 9.41. The van der Waals surface area contributed by atoms with Gasteiger partial charge < -0.3 is 4.57 Å². The molecule has 2 rings (SSSR count). The average Bonchev–Trinajstić information content (AvgIpc) is 2.87. The van der Waals surface area contributed by atoms with Crippen LogP contribution >= 0.6 is 24.0 Å². The highest BCUT2D eigenvalue weighted by Crippen LogP contribution is 2.48. The molecule has 0 unspecified atom stereocenters. The Kier molecular flexibility index (Phi) is 2.94. The first-order chi connectivity index (χ1) is 7.08.